The lowest BCUT2D eigenvalue weighted by atomic mass is 10.2. The highest BCUT2D eigenvalue weighted by atomic mass is 19.4. The third kappa shape index (κ3) is 5.60. The standard InChI is InChI=1S/C18H18F3N3O4/c19-18(20,21)17(25)23(12-13-6-2-1-3-7-13)10-5-11-28-15-9-4-8-14(16(15)22)24(26)27/h1-4,6-9H,5,10-12,22H2. The Morgan fingerprint density at radius 3 is 2.43 bits per heavy atom. The second kappa shape index (κ2) is 9.07. The second-order valence-electron chi connectivity index (χ2n) is 5.86. The number of carbonyl (C=O) groups is 1. The van der Waals surface area contributed by atoms with Crippen molar-refractivity contribution in [2.45, 2.75) is 19.1 Å². The number of para-hydroxylation sites is 1. The van der Waals surface area contributed by atoms with Crippen LogP contribution in [0, 0.1) is 10.1 Å². The van der Waals surface area contributed by atoms with E-state index in [1.165, 1.54) is 18.2 Å². The van der Waals surface area contributed by atoms with E-state index in [2.05, 4.69) is 0 Å². The van der Waals surface area contributed by atoms with Crippen LogP contribution < -0.4 is 10.5 Å². The molecule has 0 aliphatic rings. The number of carbonyl (C=O) groups excluding carboxylic acids is 1. The van der Waals surface area contributed by atoms with E-state index in [1.807, 2.05) is 0 Å². The molecule has 2 N–H and O–H groups in total. The van der Waals surface area contributed by atoms with Gasteiger partial charge in [-0.05, 0) is 18.1 Å². The van der Waals surface area contributed by atoms with Gasteiger partial charge in [-0.1, -0.05) is 36.4 Å². The zero-order valence-corrected chi connectivity index (χ0v) is 14.7. The Kier molecular flexibility index (Phi) is 6.80. The molecule has 2 rings (SSSR count). The number of nitrogen functional groups attached to an aromatic ring is 1. The molecule has 0 radical (unpaired) electrons. The van der Waals surface area contributed by atoms with Gasteiger partial charge in [0.25, 0.3) is 5.69 Å². The van der Waals surface area contributed by atoms with Gasteiger partial charge in [-0.15, -0.1) is 0 Å². The van der Waals surface area contributed by atoms with Crippen LogP contribution in [-0.2, 0) is 11.3 Å². The Labute approximate surface area is 158 Å². The monoisotopic (exact) mass is 397 g/mol. The van der Waals surface area contributed by atoms with Gasteiger partial charge in [0.05, 0.1) is 11.5 Å². The van der Waals surface area contributed by atoms with Gasteiger partial charge in [0.2, 0.25) is 0 Å². The van der Waals surface area contributed by atoms with Gasteiger partial charge in [0.15, 0.2) is 5.69 Å². The fraction of sp³-hybridized carbons (Fsp3) is 0.278. The quantitative estimate of drug-likeness (QED) is 0.318. The molecule has 0 unspecified atom stereocenters. The van der Waals surface area contributed by atoms with E-state index in [1.54, 1.807) is 30.3 Å². The summed E-state index contributed by atoms with van der Waals surface area (Å²) >= 11 is 0. The SMILES string of the molecule is Nc1c(OCCCN(Cc2ccccc2)C(=O)C(F)(F)F)cccc1[N+](=O)[O-]. The Hall–Kier alpha value is -3.30. The number of nitrogens with two attached hydrogens (primary N) is 1. The number of anilines is 1. The summed E-state index contributed by atoms with van der Waals surface area (Å²) in [5.74, 6) is -1.88. The number of ether oxygens (including phenoxy) is 1. The van der Waals surface area contributed by atoms with Gasteiger partial charge in [-0.2, -0.15) is 13.2 Å². The Bertz CT molecular complexity index is 829. The van der Waals surface area contributed by atoms with Crippen molar-refractivity contribution in [2.24, 2.45) is 0 Å². The van der Waals surface area contributed by atoms with Gasteiger partial charge in [-0.25, -0.2) is 0 Å². The van der Waals surface area contributed by atoms with Crippen molar-refractivity contribution < 1.29 is 27.6 Å². The molecule has 0 aliphatic carbocycles. The summed E-state index contributed by atoms with van der Waals surface area (Å²) in [4.78, 5) is 22.6. The number of amides is 1. The average Bonchev–Trinajstić information content (AvgIpc) is 2.64. The Balaban J connectivity index is 1.99. The van der Waals surface area contributed by atoms with Crippen LogP contribution in [-0.4, -0.2) is 35.1 Å². The summed E-state index contributed by atoms with van der Waals surface area (Å²) in [6.45, 7) is -0.470. The molecule has 2 aromatic rings. The van der Waals surface area contributed by atoms with Crippen molar-refractivity contribution >= 4 is 17.3 Å². The number of hydrogen-bond donors (Lipinski definition) is 1. The van der Waals surface area contributed by atoms with Crippen molar-refractivity contribution in [1.82, 2.24) is 4.90 Å². The summed E-state index contributed by atoms with van der Waals surface area (Å²) < 4.78 is 43.9. The Morgan fingerprint density at radius 2 is 1.82 bits per heavy atom. The highest BCUT2D eigenvalue weighted by Crippen LogP contribution is 2.31. The number of alkyl halides is 3. The number of benzene rings is 2. The van der Waals surface area contributed by atoms with Gasteiger partial charge in [0, 0.05) is 19.2 Å². The molecule has 0 fully saturated rings. The minimum atomic E-state index is -4.99. The van der Waals surface area contributed by atoms with Crippen molar-refractivity contribution in [3.63, 3.8) is 0 Å². The third-order valence-electron chi connectivity index (χ3n) is 3.82. The highest BCUT2D eigenvalue weighted by Gasteiger charge is 2.42. The van der Waals surface area contributed by atoms with Crippen molar-refractivity contribution in [2.75, 3.05) is 18.9 Å². The van der Waals surface area contributed by atoms with Crippen molar-refractivity contribution in [3.8, 4) is 5.75 Å². The zero-order valence-electron chi connectivity index (χ0n) is 14.7. The van der Waals surface area contributed by atoms with Crippen LogP contribution >= 0.6 is 0 Å². The first kappa shape index (κ1) is 21.0. The Morgan fingerprint density at radius 1 is 1.14 bits per heavy atom. The molecule has 150 valence electrons. The maximum atomic E-state index is 12.8. The van der Waals surface area contributed by atoms with Crippen LogP contribution in [0.5, 0.6) is 5.75 Å². The van der Waals surface area contributed by atoms with Crippen molar-refractivity contribution in [1.29, 1.82) is 0 Å². The summed E-state index contributed by atoms with van der Waals surface area (Å²) in [6, 6.07) is 12.3. The number of nitrogens with zero attached hydrogens (tertiary/aromatic N) is 2. The minimum absolute atomic E-state index is 0.0611. The second-order valence-corrected chi connectivity index (χ2v) is 5.86. The lowest BCUT2D eigenvalue weighted by Gasteiger charge is -2.24. The zero-order chi connectivity index (χ0) is 20.7. The number of nitro benzene ring substituents is 1. The van der Waals surface area contributed by atoms with Gasteiger partial charge >= 0.3 is 12.1 Å². The first-order valence-corrected chi connectivity index (χ1v) is 8.26. The van der Waals surface area contributed by atoms with Crippen LogP contribution in [0.2, 0.25) is 0 Å². The van der Waals surface area contributed by atoms with Gasteiger partial charge < -0.3 is 15.4 Å². The molecule has 10 heteroatoms. The van der Waals surface area contributed by atoms with E-state index in [9.17, 15) is 28.1 Å². The molecule has 0 saturated carbocycles. The first-order valence-electron chi connectivity index (χ1n) is 8.26. The summed E-state index contributed by atoms with van der Waals surface area (Å²) in [5.41, 5.74) is 5.72. The van der Waals surface area contributed by atoms with Crippen LogP contribution in [0.15, 0.2) is 48.5 Å². The van der Waals surface area contributed by atoms with E-state index in [4.69, 9.17) is 10.5 Å². The molecule has 0 bridgehead atoms. The molecule has 0 aromatic heterocycles. The molecule has 0 spiro atoms. The molecule has 0 aliphatic heterocycles. The minimum Gasteiger partial charge on any atom is -0.491 e. The smallest absolute Gasteiger partial charge is 0.471 e. The highest BCUT2D eigenvalue weighted by molar-refractivity contribution is 5.81. The number of hydrogen-bond acceptors (Lipinski definition) is 5. The molecular formula is C18H18F3N3O4. The molecule has 7 nitrogen and oxygen atoms in total. The van der Waals surface area contributed by atoms with Crippen LogP contribution in [0.4, 0.5) is 24.5 Å². The van der Waals surface area contributed by atoms with Crippen molar-refractivity contribution in [3.05, 3.63) is 64.2 Å². The molecule has 1 amide bonds. The first-order chi connectivity index (χ1) is 13.2. The number of halogens is 3. The maximum absolute atomic E-state index is 12.8. The topological polar surface area (TPSA) is 98.7 Å². The number of rotatable bonds is 8. The van der Waals surface area contributed by atoms with E-state index >= 15 is 0 Å². The van der Waals surface area contributed by atoms with E-state index in [-0.39, 0.29) is 43.2 Å². The maximum Gasteiger partial charge on any atom is 0.471 e. The van der Waals surface area contributed by atoms with Gasteiger partial charge in [-0.3, -0.25) is 14.9 Å². The molecule has 0 heterocycles. The largest absolute Gasteiger partial charge is 0.491 e. The molecule has 0 saturated heterocycles. The normalized spacial score (nSPS) is 11.1. The van der Waals surface area contributed by atoms with E-state index < -0.39 is 17.0 Å². The number of nitro groups is 1. The lowest BCUT2D eigenvalue weighted by molar-refractivity contribution is -0.384. The van der Waals surface area contributed by atoms with Crippen LogP contribution in [0.25, 0.3) is 0 Å². The molecule has 2 aromatic carbocycles. The average molecular weight is 397 g/mol. The molecule has 0 atom stereocenters. The third-order valence-corrected chi connectivity index (χ3v) is 3.82. The summed E-state index contributed by atoms with van der Waals surface area (Å²) in [5, 5.41) is 10.9. The summed E-state index contributed by atoms with van der Waals surface area (Å²) in [7, 11) is 0. The van der Waals surface area contributed by atoms with E-state index in [0.717, 1.165) is 0 Å². The fourth-order valence-corrected chi connectivity index (χ4v) is 2.49. The predicted molar refractivity (Wildman–Crippen MR) is 95.5 cm³/mol. The van der Waals surface area contributed by atoms with Crippen LogP contribution in [0.3, 0.4) is 0 Å². The van der Waals surface area contributed by atoms with Crippen LogP contribution in [0.1, 0.15) is 12.0 Å². The predicted octanol–water partition coefficient (Wildman–Crippen LogP) is 3.54. The fourth-order valence-electron chi connectivity index (χ4n) is 2.49. The lowest BCUT2D eigenvalue weighted by Crippen LogP contribution is -2.41. The summed E-state index contributed by atoms with van der Waals surface area (Å²) in [6.07, 6.45) is -4.91. The molecule has 28 heavy (non-hydrogen) atoms. The van der Waals surface area contributed by atoms with E-state index in [0.29, 0.717) is 10.5 Å². The molecular weight excluding hydrogens is 379 g/mol. The van der Waals surface area contributed by atoms with Gasteiger partial charge in [0.1, 0.15) is 5.75 Å².